The summed E-state index contributed by atoms with van der Waals surface area (Å²) in [7, 11) is 0. The molecule has 1 N–H and O–H groups in total. The van der Waals surface area contributed by atoms with Crippen LogP contribution in [0.3, 0.4) is 0 Å². The molecule has 0 atom stereocenters. The minimum Gasteiger partial charge on any atom is -0.360 e. The Bertz CT molecular complexity index is 703. The second-order valence-electron chi connectivity index (χ2n) is 6.15. The van der Waals surface area contributed by atoms with Crippen LogP contribution in [0.5, 0.6) is 0 Å². The van der Waals surface area contributed by atoms with E-state index in [9.17, 15) is 9.59 Å². The smallest absolute Gasteiger partial charge is 0.239 e. The maximum absolute atomic E-state index is 12.5. The van der Waals surface area contributed by atoms with Crippen LogP contribution >= 0.6 is 0 Å². The Morgan fingerprint density at radius 2 is 1.96 bits per heavy atom. The van der Waals surface area contributed by atoms with Gasteiger partial charge in [-0.3, -0.25) is 14.5 Å². The molecule has 1 aromatic carbocycles. The molecule has 3 rings (SSSR count). The fraction of sp³-hybridized carbons (Fsp3) is 0.389. The van der Waals surface area contributed by atoms with E-state index < -0.39 is 0 Å². The zero-order chi connectivity index (χ0) is 16.9. The van der Waals surface area contributed by atoms with Crippen LogP contribution in [0.15, 0.2) is 40.9 Å². The summed E-state index contributed by atoms with van der Waals surface area (Å²) < 4.78 is 4.92. The van der Waals surface area contributed by atoms with Crippen molar-refractivity contribution < 1.29 is 14.1 Å². The first-order valence-corrected chi connectivity index (χ1v) is 8.16. The van der Waals surface area contributed by atoms with Crippen LogP contribution in [0.1, 0.15) is 29.0 Å². The molecule has 2 heterocycles. The number of amides is 1. The van der Waals surface area contributed by atoms with E-state index in [2.05, 4.69) is 15.4 Å². The number of rotatable bonds is 5. The molecule has 0 spiro atoms. The third-order valence-corrected chi connectivity index (χ3v) is 4.28. The maximum atomic E-state index is 12.5. The van der Waals surface area contributed by atoms with Crippen molar-refractivity contribution in [3.63, 3.8) is 0 Å². The van der Waals surface area contributed by atoms with Gasteiger partial charge in [-0.25, -0.2) is 0 Å². The summed E-state index contributed by atoms with van der Waals surface area (Å²) >= 11 is 0. The molecule has 6 nitrogen and oxygen atoms in total. The number of nitrogens with zero attached hydrogens (tertiary/aromatic N) is 2. The van der Waals surface area contributed by atoms with Crippen LogP contribution in [0, 0.1) is 12.8 Å². The van der Waals surface area contributed by atoms with Gasteiger partial charge in [0.25, 0.3) is 0 Å². The van der Waals surface area contributed by atoms with E-state index in [1.165, 1.54) is 0 Å². The summed E-state index contributed by atoms with van der Waals surface area (Å²) in [5, 5.41) is 6.47. The number of Topliss-reactive ketones (excluding diaryl/α,β-unsaturated/α-hetero) is 1. The van der Waals surface area contributed by atoms with Crippen molar-refractivity contribution in [2.75, 3.05) is 25.0 Å². The minimum atomic E-state index is -0.115. The first-order chi connectivity index (χ1) is 11.6. The fourth-order valence-electron chi connectivity index (χ4n) is 3.00. The summed E-state index contributed by atoms with van der Waals surface area (Å²) in [5.41, 5.74) is 0.773. The number of hydrogen-bond acceptors (Lipinski definition) is 5. The predicted molar refractivity (Wildman–Crippen MR) is 89.8 cm³/mol. The number of ketones is 1. The summed E-state index contributed by atoms with van der Waals surface area (Å²) in [6.45, 7) is 3.57. The number of hydrogen-bond donors (Lipinski definition) is 1. The van der Waals surface area contributed by atoms with Gasteiger partial charge in [0.05, 0.1) is 6.54 Å². The van der Waals surface area contributed by atoms with E-state index in [0.29, 0.717) is 18.1 Å². The monoisotopic (exact) mass is 327 g/mol. The Hall–Kier alpha value is -2.47. The van der Waals surface area contributed by atoms with Crippen molar-refractivity contribution in [2.45, 2.75) is 19.8 Å². The Morgan fingerprint density at radius 1 is 1.25 bits per heavy atom. The molecule has 1 saturated heterocycles. The molecule has 0 saturated carbocycles. The van der Waals surface area contributed by atoms with Crippen LogP contribution < -0.4 is 5.32 Å². The molecule has 2 aromatic rings. The molecule has 0 unspecified atom stereocenters. The molecule has 0 aliphatic carbocycles. The normalized spacial score (nSPS) is 16.0. The van der Waals surface area contributed by atoms with Gasteiger partial charge in [0.2, 0.25) is 5.91 Å². The number of carbonyl (C=O) groups excluding carboxylic acids is 2. The number of piperidine rings is 1. The van der Waals surface area contributed by atoms with Gasteiger partial charge in [-0.15, -0.1) is 0 Å². The van der Waals surface area contributed by atoms with Crippen LogP contribution in [0.2, 0.25) is 0 Å². The number of aromatic nitrogens is 1. The predicted octanol–water partition coefficient (Wildman–Crippen LogP) is 2.52. The van der Waals surface area contributed by atoms with Crippen molar-refractivity contribution in [2.24, 2.45) is 5.92 Å². The maximum Gasteiger partial charge on any atom is 0.239 e. The number of aryl methyl sites for hydroxylation is 1. The molecular weight excluding hydrogens is 306 g/mol. The Morgan fingerprint density at radius 3 is 2.58 bits per heavy atom. The average Bonchev–Trinajstić information content (AvgIpc) is 3.00. The number of benzene rings is 1. The SMILES string of the molecule is Cc1cc(NC(=O)CN2CCC(C(=O)c3ccccc3)CC2)no1. The highest BCUT2D eigenvalue weighted by molar-refractivity contribution is 5.97. The number of anilines is 1. The average molecular weight is 327 g/mol. The topological polar surface area (TPSA) is 75.4 Å². The largest absolute Gasteiger partial charge is 0.360 e. The highest BCUT2D eigenvalue weighted by Crippen LogP contribution is 2.21. The van der Waals surface area contributed by atoms with Crippen molar-refractivity contribution in [3.05, 3.63) is 47.7 Å². The highest BCUT2D eigenvalue weighted by atomic mass is 16.5. The lowest BCUT2D eigenvalue weighted by Crippen LogP contribution is -2.40. The summed E-state index contributed by atoms with van der Waals surface area (Å²) in [6, 6.07) is 11.1. The van der Waals surface area contributed by atoms with Crippen molar-refractivity contribution in [1.29, 1.82) is 0 Å². The number of nitrogens with one attached hydrogen (secondary N) is 1. The third kappa shape index (κ3) is 4.08. The lowest BCUT2D eigenvalue weighted by Gasteiger charge is -2.30. The van der Waals surface area contributed by atoms with Gasteiger partial charge in [0.15, 0.2) is 11.6 Å². The van der Waals surface area contributed by atoms with E-state index in [0.717, 1.165) is 31.5 Å². The minimum absolute atomic E-state index is 0.0462. The lowest BCUT2D eigenvalue weighted by molar-refractivity contribution is -0.117. The van der Waals surface area contributed by atoms with Crippen molar-refractivity contribution in [1.82, 2.24) is 10.1 Å². The summed E-state index contributed by atoms with van der Waals surface area (Å²) in [4.78, 5) is 26.5. The molecular formula is C18H21N3O3. The first kappa shape index (κ1) is 16.4. The van der Waals surface area contributed by atoms with Crippen LogP contribution in [-0.4, -0.2) is 41.4 Å². The molecule has 1 aromatic heterocycles. The fourth-order valence-corrected chi connectivity index (χ4v) is 3.00. The Labute approximate surface area is 140 Å². The van der Waals surface area contributed by atoms with Crippen LogP contribution in [0.25, 0.3) is 0 Å². The van der Waals surface area contributed by atoms with Gasteiger partial charge in [-0.2, -0.15) is 0 Å². The van der Waals surface area contributed by atoms with Gasteiger partial charge in [-0.05, 0) is 32.9 Å². The van der Waals surface area contributed by atoms with Crippen LogP contribution in [-0.2, 0) is 4.79 Å². The van der Waals surface area contributed by atoms with Gasteiger partial charge < -0.3 is 9.84 Å². The second-order valence-corrected chi connectivity index (χ2v) is 6.15. The molecule has 1 amide bonds. The van der Waals surface area contributed by atoms with E-state index in [1.807, 2.05) is 30.3 Å². The quantitative estimate of drug-likeness (QED) is 0.854. The van der Waals surface area contributed by atoms with E-state index in [4.69, 9.17) is 4.52 Å². The first-order valence-electron chi connectivity index (χ1n) is 8.16. The highest BCUT2D eigenvalue weighted by Gasteiger charge is 2.26. The van der Waals surface area contributed by atoms with Crippen molar-refractivity contribution in [3.8, 4) is 0 Å². The molecule has 24 heavy (non-hydrogen) atoms. The summed E-state index contributed by atoms with van der Waals surface area (Å²) in [6.07, 6.45) is 1.56. The van der Waals surface area contributed by atoms with Crippen molar-refractivity contribution >= 4 is 17.5 Å². The standard InChI is InChI=1S/C18H21N3O3/c1-13-11-16(20-24-13)19-17(22)12-21-9-7-15(8-10-21)18(23)14-5-3-2-4-6-14/h2-6,11,15H,7-10,12H2,1H3,(H,19,20,22). The molecule has 6 heteroatoms. The Kier molecular flexibility index (Phi) is 5.05. The Balaban J connectivity index is 1.46. The van der Waals surface area contributed by atoms with Crippen LogP contribution in [0.4, 0.5) is 5.82 Å². The van der Waals surface area contributed by atoms with Gasteiger partial charge in [0.1, 0.15) is 5.76 Å². The molecule has 0 bridgehead atoms. The van der Waals surface area contributed by atoms with Gasteiger partial charge >= 0.3 is 0 Å². The van der Waals surface area contributed by atoms with Gasteiger partial charge in [0, 0.05) is 17.5 Å². The third-order valence-electron chi connectivity index (χ3n) is 4.28. The second kappa shape index (κ2) is 7.40. The molecule has 1 aliphatic rings. The zero-order valence-electron chi connectivity index (χ0n) is 13.7. The lowest BCUT2D eigenvalue weighted by atomic mass is 9.89. The summed E-state index contributed by atoms with van der Waals surface area (Å²) in [5.74, 6) is 1.23. The van der Waals surface area contributed by atoms with E-state index in [1.54, 1.807) is 13.0 Å². The molecule has 1 aliphatic heterocycles. The molecule has 1 fully saturated rings. The zero-order valence-corrected chi connectivity index (χ0v) is 13.7. The number of likely N-dealkylation sites (tertiary alicyclic amines) is 1. The number of carbonyl (C=O) groups is 2. The molecule has 0 radical (unpaired) electrons. The molecule has 126 valence electrons. The van der Waals surface area contributed by atoms with Gasteiger partial charge in [-0.1, -0.05) is 35.5 Å². The van der Waals surface area contributed by atoms with E-state index in [-0.39, 0.29) is 17.6 Å². The van der Waals surface area contributed by atoms with E-state index >= 15 is 0 Å².